The van der Waals surface area contributed by atoms with Crippen LogP contribution in [0.3, 0.4) is 0 Å². The standard InChI is InChI=1S/C20H23N3O2/c1-15-19(21-18(24)14-13-16-9-5-3-6-10-16)20(25)23(22(15)2)17-11-7-4-8-12-17/h3-5,7-8,11-14,16H,6,9-10H2,1-2H3,(H,21,24)/b14-13+/t16-/m0/s1. The van der Waals surface area contributed by atoms with E-state index in [1.807, 2.05) is 50.4 Å². The van der Waals surface area contributed by atoms with Gasteiger partial charge in [0.15, 0.2) is 0 Å². The number of rotatable bonds is 4. The topological polar surface area (TPSA) is 56.0 Å². The van der Waals surface area contributed by atoms with Crippen molar-refractivity contribution in [3.05, 3.63) is 70.7 Å². The predicted molar refractivity (Wildman–Crippen MR) is 100.0 cm³/mol. The first-order valence-corrected chi connectivity index (χ1v) is 8.56. The first-order valence-electron chi connectivity index (χ1n) is 8.56. The second kappa shape index (κ2) is 7.38. The zero-order chi connectivity index (χ0) is 17.8. The van der Waals surface area contributed by atoms with E-state index in [-0.39, 0.29) is 11.5 Å². The number of hydrogen-bond acceptors (Lipinski definition) is 2. The van der Waals surface area contributed by atoms with Crippen LogP contribution in [-0.4, -0.2) is 15.3 Å². The van der Waals surface area contributed by atoms with Gasteiger partial charge in [0, 0.05) is 7.05 Å². The van der Waals surface area contributed by atoms with Crippen molar-refractivity contribution in [3.8, 4) is 5.69 Å². The average Bonchev–Trinajstić information content (AvgIpc) is 2.85. The summed E-state index contributed by atoms with van der Waals surface area (Å²) in [6, 6.07) is 9.39. The quantitative estimate of drug-likeness (QED) is 0.687. The molecule has 1 heterocycles. The van der Waals surface area contributed by atoms with Gasteiger partial charge in [-0.25, -0.2) is 4.68 Å². The smallest absolute Gasteiger partial charge is 0.295 e. The Labute approximate surface area is 147 Å². The Morgan fingerprint density at radius 1 is 1.24 bits per heavy atom. The molecule has 3 rings (SSSR count). The number of allylic oxidation sites excluding steroid dienone is 3. The number of nitrogens with zero attached hydrogens (tertiary/aromatic N) is 2. The Balaban J connectivity index is 1.81. The molecule has 1 aliphatic carbocycles. The van der Waals surface area contributed by atoms with Crippen LogP contribution >= 0.6 is 0 Å². The third-order valence-electron chi connectivity index (χ3n) is 4.63. The number of aromatic nitrogens is 2. The van der Waals surface area contributed by atoms with E-state index in [0.717, 1.165) is 30.6 Å². The zero-order valence-corrected chi connectivity index (χ0v) is 14.6. The molecule has 0 bridgehead atoms. The lowest BCUT2D eigenvalue weighted by Crippen LogP contribution is -2.22. The minimum atomic E-state index is -0.263. The number of nitrogens with one attached hydrogen (secondary N) is 1. The van der Waals surface area contributed by atoms with E-state index >= 15 is 0 Å². The molecule has 0 radical (unpaired) electrons. The van der Waals surface area contributed by atoms with E-state index in [2.05, 4.69) is 17.5 Å². The number of anilines is 1. The molecule has 0 spiro atoms. The van der Waals surface area contributed by atoms with Gasteiger partial charge in [-0.2, -0.15) is 0 Å². The summed E-state index contributed by atoms with van der Waals surface area (Å²) in [5.74, 6) is 0.133. The third-order valence-corrected chi connectivity index (χ3v) is 4.63. The molecule has 1 aromatic carbocycles. The zero-order valence-electron chi connectivity index (χ0n) is 14.6. The summed E-state index contributed by atoms with van der Waals surface area (Å²) in [5.41, 5.74) is 1.58. The van der Waals surface area contributed by atoms with Crippen molar-refractivity contribution in [2.45, 2.75) is 26.2 Å². The lowest BCUT2D eigenvalue weighted by molar-refractivity contribution is -0.111. The lowest BCUT2D eigenvalue weighted by Gasteiger charge is -2.12. The molecule has 5 heteroatoms. The van der Waals surface area contributed by atoms with Crippen molar-refractivity contribution in [1.29, 1.82) is 0 Å². The summed E-state index contributed by atoms with van der Waals surface area (Å²) in [5, 5.41) is 2.75. The van der Waals surface area contributed by atoms with Gasteiger partial charge in [-0.05, 0) is 50.3 Å². The van der Waals surface area contributed by atoms with Gasteiger partial charge in [-0.15, -0.1) is 0 Å². The fourth-order valence-electron chi connectivity index (χ4n) is 3.09. The number of carbonyl (C=O) groups is 1. The second-order valence-corrected chi connectivity index (χ2v) is 6.33. The highest BCUT2D eigenvalue weighted by Gasteiger charge is 2.17. The monoisotopic (exact) mass is 337 g/mol. The first kappa shape index (κ1) is 17.0. The molecule has 0 fully saturated rings. The molecule has 2 aromatic rings. The summed E-state index contributed by atoms with van der Waals surface area (Å²) in [6.45, 7) is 1.83. The molecule has 130 valence electrons. The summed E-state index contributed by atoms with van der Waals surface area (Å²) in [6.07, 6.45) is 10.9. The highest BCUT2D eigenvalue weighted by atomic mass is 16.2. The molecule has 0 saturated heterocycles. The van der Waals surface area contributed by atoms with Crippen LogP contribution in [0.2, 0.25) is 0 Å². The van der Waals surface area contributed by atoms with Crippen molar-refractivity contribution < 1.29 is 4.79 Å². The van der Waals surface area contributed by atoms with Crippen molar-refractivity contribution in [2.24, 2.45) is 13.0 Å². The van der Waals surface area contributed by atoms with E-state index in [1.54, 1.807) is 15.4 Å². The molecule has 5 nitrogen and oxygen atoms in total. The molecule has 0 aliphatic heterocycles. The van der Waals surface area contributed by atoms with Crippen LogP contribution in [0.25, 0.3) is 5.69 Å². The van der Waals surface area contributed by atoms with Gasteiger partial charge in [-0.1, -0.05) is 36.4 Å². The van der Waals surface area contributed by atoms with Gasteiger partial charge >= 0.3 is 0 Å². The van der Waals surface area contributed by atoms with Crippen LogP contribution in [0.1, 0.15) is 25.0 Å². The van der Waals surface area contributed by atoms with Gasteiger partial charge in [0.1, 0.15) is 5.69 Å². The van der Waals surface area contributed by atoms with Crippen LogP contribution in [0.5, 0.6) is 0 Å². The van der Waals surface area contributed by atoms with E-state index < -0.39 is 0 Å². The Bertz CT molecular complexity index is 872. The largest absolute Gasteiger partial charge is 0.316 e. The minimum absolute atomic E-state index is 0.228. The normalized spacial score (nSPS) is 17.1. The maximum atomic E-state index is 12.7. The highest BCUT2D eigenvalue weighted by Crippen LogP contribution is 2.19. The van der Waals surface area contributed by atoms with Gasteiger partial charge in [0.25, 0.3) is 5.56 Å². The molecule has 25 heavy (non-hydrogen) atoms. The van der Waals surface area contributed by atoms with E-state index in [1.165, 1.54) is 0 Å². The fourth-order valence-corrected chi connectivity index (χ4v) is 3.09. The van der Waals surface area contributed by atoms with Crippen molar-refractivity contribution >= 4 is 11.6 Å². The summed E-state index contributed by atoms with van der Waals surface area (Å²) < 4.78 is 3.31. The minimum Gasteiger partial charge on any atom is -0.316 e. The number of amides is 1. The molecular weight excluding hydrogens is 314 g/mol. The summed E-state index contributed by atoms with van der Waals surface area (Å²) in [4.78, 5) is 25.0. The molecule has 1 aliphatic rings. The van der Waals surface area contributed by atoms with Gasteiger partial charge in [-0.3, -0.25) is 14.3 Å². The Kier molecular flexibility index (Phi) is 5.03. The SMILES string of the molecule is Cc1c(NC(=O)/C=C/[C@H]2CC=CCC2)c(=O)n(-c2ccccc2)n1C. The molecule has 1 amide bonds. The Morgan fingerprint density at radius 3 is 2.68 bits per heavy atom. The first-order chi connectivity index (χ1) is 12.1. The van der Waals surface area contributed by atoms with Crippen LogP contribution in [0.4, 0.5) is 5.69 Å². The van der Waals surface area contributed by atoms with Crippen LogP contribution in [-0.2, 0) is 11.8 Å². The maximum absolute atomic E-state index is 12.7. The predicted octanol–water partition coefficient (Wildman–Crippen LogP) is 3.34. The van der Waals surface area contributed by atoms with Crippen LogP contribution in [0.15, 0.2) is 59.4 Å². The Morgan fingerprint density at radius 2 is 2.00 bits per heavy atom. The van der Waals surface area contributed by atoms with Gasteiger partial charge < -0.3 is 5.32 Å². The van der Waals surface area contributed by atoms with E-state index in [9.17, 15) is 9.59 Å². The molecule has 0 saturated carbocycles. The van der Waals surface area contributed by atoms with Crippen molar-refractivity contribution in [1.82, 2.24) is 9.36 Å². The van der Waals surface area contributed by atoms with Crippen molar-refractivity contribution in [2.75, 3.05) is 5.32 Å². The average molecular weight is 337 g/mol. The number of benzene rings is 1. The fraction of sp³-hybridized carbons (Fsp3) is 0.300. The molecular formula is C20H23N3O2. The van der Waals surface area contributed by atoms with Gasteiger partial charge in [0.2, 0.25) is 5.91 Å². The van der Waals surface area contributed by atoms with E-state index in [0.29, 0.717) is 11.6 Å². The second-order valence-electron chi connectivity index (χ2n) is 6.33. The number of carbonyl (C=O) groups excluding carboxylic acids is 1. The van der Waals surface area contributed by atoms with Crippen LogP contribution in [0, 0.1) is 12.8 Å². The third kappa shape index (κ3) is 3.65. The van der Waals surface area contributed by atoms with E-state index in [4.69, 9.17) is 0 Å². The highest BCUT2D eigenvalue weighted by molar-refractivity contribution is 5.99. The number of hydrogen-bond donors (Lipinski definition) is 1. The molecule has 1 aromatic heterocycles. The summed E-state index contributed by atoms with van der Waals surface area (Å²) in [7, 11) is 1.81. The molecule has 1 atom stereocenters. The molecule has 0 unspecified atom stereocenters. The maximum Gasteiger partial charge on any atom is 0.295 e. The number of para-hydroxylation sites is 1. The van der Waals surface area contributed by atoms with Crippen LogP contribution < -0.4 is 10.9 Å². The molecule has 1 N–H and O–H groups in total. The lowest BCUT2D eigenvalue weighted by atomic mass is 9.94. The van der Waals surface area contributed by atoms with Gasteiger partial charge in [0.05, 0.1) is 11.4 Å². The van der Waals surface area contributed by atoms with Crippen molar-refractivity contribution in [3.63, 3.8) is 0 Å². The summed E-state index contributed by atoms with van der Waals surface area (Å²) >= 11 is 0. The Hall–Kier alpha value is -2.82.